The zero-order chi connectivity index (χ0) is 23.7. The van der Waals surface area contributed by atoms with Crippen molar-refractivity contribution in [2.24, 2.45) is 0 Å². The van der Waals surface area contributed by atoms with Crippen molar-refractivity contribution in [1.82, 2.24) is 9.88 Å². The van der Waals surface area contributed by atoms with E-state index >= 15 is 0 Å². The summed E-state index contributed by atoms with van der Waals surface area (Å²) < 4.78 is 14.9. The summed E-state index contributed by atoms with van der Waals surface area (Å²) in [6.07, 6.45) is 4.43. The molecule has 0 radical (unpaired) electrons. The Bertz CT molecular complexity index is 1360. The molecule has 172 valence electrons. The van der Waals surface area contributed by atoms with Crippen LogP contribution in [0.1, 0.15) is 39.9 Å². The topological polar surface area (TPSA) is 45.2 Å². The minimum absolute atomic E-state index is 0.0179. The van der Waals surface area contributed by atoms with Gasteiger partial charge in [-0.3, -0.25) is 14.7 Å². The molecule has 1 N–H and O–H groups in total. The predicted molar refractivity (Wildman–Crippen MR) is 136 cm³/mol. The molecule has 1 fully saturated rings. The highest BCUT2D eigenvalue weighted by Crippen LogP contribution is 2.26. The Morgan fingerprint density at radius 1 is 0.971 bits per heavy atom. The summed E-state index contributed by atoms with van der Waals surface area (Å²) in [7, 11) is 0. The average Bonchev–Trinajstić information content (AvgIpc) is 3.33. The summed E-state index contributed by atoms with van der Waals surface area (Å²) in [5.74, 6) is -1.01. The van der Waals surface area contributed by atoms with Crippen LogP contribution in [0.25, 0.3) is 22.0 Å². The first kappa shape index (κ1) is 22.2. The molecule has 4 nitrogen and oxygen atoms in total. The van der Waals surface area contributed by atoms with Crippen LogP contribution in [0.2, 0.25) is 0 Å². The zero-order valence-corrected chi connectivity index (χ0v) is 19.6. The standard InChI is InChI=1S/C29H28FN3O/c1-19-5-7-22(8-6-19)23-9-10-25(26(30)15-23)29(34)32-27-16-28-24(13-20(27)2)14-21(17-31-28)18-33-11-3-4-12-33/h5-10,13-17H,3-4,11-12,18H2,1-2H3,(H,32,34). The monoisotopic (exact) mass is 453 g/mol. The van der Waals surface area contributed by atoms with Crippen LogP contribution < -0.4 is 5.32 Å². The van der Waals surface area contributed by atoms with Gasteiger partial charge in [-0.05, 0) is 92.4 Å². The molecule has 0 spiro atoms. The first-order valence-corrected chi connectivity index (χ1v) is 11.8. The normalized spacial score (nSPS) is 14.0. The van der Waals surface area contributed by atoms with Crippen LogP contribution in [-0.2, 0) is 6.54 Å². The number of hydrogen-bond donors (Lipinski definition) is 1. The Labute approximate surface area is 199 Å². The Morgan fingerprint density at radius 2 is 1.71 bits per heavy atom. The lowest BCUT2D eigenvalue weighted by molar-refractivity contribution is 0.102. The van der Waals surface area contributed by atoms with Crippen molar-refractivity contribution in [3.05, 3.63) is 94.9 Å². The lowest BCUT2D eigenvalue weighted by Crippen LogP contribution is -2.18. The third-order valence-corrected chi connectivity index (χ3v) is 6.54. The average molecular weight is 454 g/mol. The number of likely N-dealkylation sites (tertiary alicyclic amines) is 1. The second-order valence-electron chi connectivity index (χ2n) is 9.20. The van der Waals surface area contributed by atoms with Crippen LogP contribution in [0.5, 0.6) is 0 Å². The number of hydrogen-bond acceptors (Lipinski definition) is 3. The highest BCUT2D eigenvalue weighted by molar-refractivity contribution is 6.06. The molecule has 1 aromatic heterocycles. The highest BCUT2D eigenvalue weighted by Gasteiger charge is 2.16. The molecule has 3 aromatic carbocycles. The molecule has 0 aliphatic carbocycles. The number of aromatic nitrogens is 1. The number of rotatable bonds is 5. The maximum atomic E-state index is 14.9. The van der Waals surface area contributed by atoms with Gasteiger partial charge in [-0.2, -0.15) is 0 Å². The van der Waals surface area contributed by atoms with E-state index in [1.807, 2.05) is 56.4 Å². The van der Waals surface area contributed by atoms with Crippen molar-refractivity contribution in [2.75, 3.05) is 18.4 Å². The molecule has 34 heavy (non-hydrogen) atoms. The molecule has 0 unspecified atom stereocenters. The van der Waals surface area contributed by atoms with Crippen LogP contribution in [-0.4, -0.2) is 28.9 Å². The Kier molecular flexibility index (Phi) is 6.12. The number of aryl methyl sites for hydroxylation is 2. The van der Waals surface area contributed by atoms with E-state index in [4.69, 9.17) is 0 Å². The number of amides is 1. The van der Waals surface area contributed by atoms with Crippen molar-refractivity contribution >= 4 is 22.5 Å². The van der Waals surface area contributed by atoms with Gasteiger partial charge in [0, 0.05) is 23.8 Å². The molecular weight excluding hydrogens is 425 g/mol. The largest absolute Gasteiger partial charge is 0.322 e. The van der Waals surface area contributed by atoms with E-state index in [0.29, 0.717) is 5.69 Å². The van der Waals surface area contributed by atoms with E-state index < -0.39 is 11.7 Å². The first-order chi connectivity index (χ1) is 16.5. The Hall–Kier alpha value is -3.57. The lowest BCUT2D eigenvalue weighted by Gasteiger charge is -2.15. The van der Waals surface area contributed by atoms with E-state index in [1.54, 1.807) is 12.1 Å². The van der Waals surface area contributed by atoms with E-state index in [1.165, 1.54) is 24.5 Å². The molecule has 1 aliphatic rings. The number of pyridine rings is 1. The number of nitrogens with zero attached hydrogens (tertiary/aromatic N) is 2. The van der Waals surface area contributed by atoms with Crippen molar-refractivity contribution in [3.63, 3.8) is 0 Å². The summed E-state index contributed by atoms with van der Waals surface area (Å²) in [5, 5.41) is 3.91. The second-order valence-corrected chi connectivity index (χ2v) is 9.20. The summed E-state index contributed by atoms with van der Waals surface area (Å²) in [6.45, 7) is 7.15. The number of nitrogens with one attached hydrogen (secondary N) is 1. The van der Waals surface area contributed by atoms with Crippen LogP contribution >= 0.6 is 0 Å². The fraction of sp³-hybridized carbons (Fsp3) is 0.241. The van der Waals surface area contributed by atoms with E-state index in [0.717, 1.165) is 52.8 Å². The smallest absolute Gasteiger partial charge is 0.258 e. The molecule has 1 aliphatic heterocycles. The predicted octanol–water partition coefficient (Wildman–Crippen LogP) is 6.51. The van der Waals surface area contributed by atoms with Crippen LogP contribution in [0.15, 0.2) is 66.9 Å². The van der Waals surface area contributed by atoms with Gasteiger partial charge in [0.15, 0.2) is 0 Å². The van der Waals surface area contributed by atoms with Crippen LogP contribution in [0, 0.1) is 19.7 Å². The van der Waals surface area contributed by atoms with E-state index in [2.05, 4.69) is 21.3 Å². The van der Waals surface area contributed by atoms with Gasteiger partial charge in [0.1, 0.15) is 5.82 Å². The SMILES string of the molecule is Cc1ccc(-c2ccc(C(=O)Nc3cc4ncc(CN5CCCC5)cc4cc3C)c(F)c2)cc1. The minimum atomic E-state index is -0.543. The van der Waals surface area contributed by atoms with Gasteiger partial charge in [-0.15, -0.1) is 0 Å². The molecular formula is C29H28FN3O. The van der Waals surface area contributed by atoms with Gasteiger partial charge in [0.25, 0.3) is 5.91 Å². The third-order valence-electron chi connectivity index (χ3n) is 6.54. The van der Waals surface area contributed by atoms with Crippen molar-refractivity contribution in [2.45, 2.75) is 33.2 Å². The molecule has 0 bridgehead atoms. The maximum Gasteiger partial charge on any atom is 0.258 e. The number of carbonyl (C=O) groups excluding carboxylic acids is 1. The molecule has 4 aromatic rings. The lowest BCUT2D eigenvalue weighted by atomic mass is 10.0. The van der Waals surface area contributed by atoms with E-state index in [-0.39, 0.29) is 5.56 Å². The zero-order valence-electron chi connectivity index (χ0n) is 19.6. The highest BCUT2D eigenvalue weighted by atomic mass is 19.1. The third kappa shape index (κ3) is 4.70. The van der Waals surface area contributed by atoms with Gasteiger partial charge < -0.3 is 5.32 Å². The summed E-state index contributed by atoms with van der Waals surface area (Å²) in [5.41, 5.74) is 6.37. The van der Waals surface area contributed by atoms with Crippen molar-refractivity contribution in [1.29, 1.82) is 0 Å². The summed E-state index contributed by atoms with van der Waals surface area (Å²) >= 11 is 0. The molecule has 1 amide bonds. The van der Waals surface area contributed by atoms with Gasteiger partial charge >= 0.3 is 0 Å². The quantitative estimate of drug-likeness (QED) is 0.375. The Morgan fingerprint density at radius 3 is 2.44 bits per heavy atom. The maximum absolute atomic E-state index is 14.9. The second kappa shape index (κ2) is 9.35. The molecule has 5 heteroatoms. The number of anilines is 1. The van der Waals surface area contributed by atoms with Gasteiger partial charge in [-0.25, -0.2) is 4.39 Å². The molecule has 0 atom stereocenters. The van der Waals surface area contributed by atoms with Gasteiger partial charge in [0.05, 0.1) is 11.1 Å². The molecule has 1 saturated heterocycles. The van der Waals surface area contributed by atoms with Crippen LogP contribution in [0.4, 0.5) is 10.1 Å². The summed E-state index contributed by atoms with van der Waals surface area (Å²) in [4.78, 5) is 20.0. The number of benzene rings is 3. The van der Waals surface area contributed by atoms with Crippen molar-refractivity contribution < 1.29 is 9.18 Å². The number of fused-ring (bicyclic) bond motifs is 1. The fourth-order valence-corrected chi connectivity index (χ4v) is 4.57. The Balaban J connectivity index is 1.35. The number of carbonyl (C=O) groups is 1. The number of halogens is 1. The molecule has 5 rings (SSSR count). The minimum Gasteiger partial charge on any atom is -0.322 e. The summed E-state index contributed by atoms with van der Waals surface area (Å²) in [6, 6.07) is 18.7. The molecule has 0 saturated carbocycles. The van der Waals surface area contributed by atoms with Gasteiger partial charge in [-0.1, -0.05) is 35.9 Å². The molecule has 2 heterocycles. The van der Waals surface area contributed by atoms with E-state index in [9.17, 15) is 9.18 Å². The van der Waals surface area contributed by atoms with Crippen molar-refractivity contribution in [3.8, 4) is 11.1 Å². The first-order valence-electron chi connectivity index (χ1n) is 11.8. The van der Waals surface area contributed by atoms with Gasteiger partial charge in [0.2, 0.25) is 0 Å². The fourth-order valence-electron chi connectivity index (χ4n) is 4.57. The van der Waals surface area contributed by atoms with Crippen LogP contribution in [0.3, 0.4) is 0 Å².